The predicted molar refractivity (Wildman–Crippen MR) is 99.4 cm³/mol. The first kappa shape index (κ1) is 17.4. The van der Waals surface area contributed by atoms with Crippen LogP contribution in [0.2, 0.25) is 0 Å². The third-order valence-corrected chi connectivity index (χ3v) is 4.48. The van der Waals surface area contributed by atoms with Crippen LogP contribution < -0.4 is 5.32 Å². The van der Waals surface area contributed by atoms with Gasteiger partial charge in [0.1, 0.15) is 0 Å². The number of nitrogens with one attached hydrogen (secondary N) is 1. The summed E-state index contributed by atoms with van der Waals surface area (Å²) in [6, 6.07) is 9.99. The van der Waals surface area contributed by atoms with E-state index in [0.29, 0.717) is 19.5 Å². The molecule has 25 heavy (non-hydrogen) atoms. The number of para-hydroxylation sites is 1. The number of hydrogen-bond acceptors (Lipinski definition) is 3. The molecule has 7 heteroatoms. The Balaban J connectivity index is 1.61. The lowest BCUT2D eigenvalue weighted by Crippen LogP contribution is -2.24. The van der Waals surface area contributed by atoms with E-state index in [2.05, 4.69) is 31.4 Å². The number of benzene rings is 1. The maximum Gasteiger partial charge on any atom is 0.222 e. The van der Waals surface area contributed by atoms with Gasteiger partial charge in [0, 0.05) is 37.0 Å². The molecule has 0 aliphatic carbocycles. The Kier molecular flexibility index (Phi) is 5.33. The molecule has 2 heterocycles. The van der Waals surface area contributed by atoms with Crippen molar-refractivity contribution in [1.82, 2.24) is 24.9 Å². The molecule has 2 aromatic heterocycles. The fourth-order valence-corrected chi connectivity index (χ4v) is 3.03. The van der Waals surface area contributed by atoms with Crippen molar-refractivity contribution in [3.8, 4) is 5.69 Å². The largest absolute Gasteiger partial charge is 0.352 e. The van der Waals surface area contributed by atoms with Crippen molar-refractivity contribution in [3.63, 3.8) is 0 Å². The standard InChI is InChI=1S/C18H20BrN5O/c1-13-17(14(2)24(22-13)16-6-4-3-5-7-16)11-20-18(25)8-9-23-12-15(19)10-21-23/h3-7,10,12H,8-9,11H2,1-2H3,(H,20,25). The van der Waals surface area contributed by atoms with Gasteiger partial charge in [0.2, 0.25) is 5.91 Å². The zero-order valence-corrected chi connectivity index (χ0v) is 15.8. The lowest BCUT2D eigenvalue weighted by Gasteiger charge is -2.07. The summed E-state index contributed by atoms with van der Waals surface area (Å²) < 4.78 is 4.57. The highest BCUT2D eigenvalue weighted by Gasteiger charge is 2.13. The lowest BCUT2D eigenvalue weighted by molar-refractivity contribution is -0.121. The molecular weight excluding hydrogens is 382 g/mol. The molecule has 0 bridgehead atoms. The molecule has 1 aromatic carbocycles. The van der Waals surface area contributed by atoms with Crippen LogP contribution >= 0.6 is 15.9 Å². The van der Waals surface area contributed by atoms with Crippen molar-refractivity contribution in [2.24, 2.45) is 0 Å². The zero-order chi connectivity index (χ0) is 17.8. The molecule has 1 N–H and O–H groups in total. The van der Waals surface area contributed by atoms with Crippen LogP contribution in [-0.4, -0.2) is 25.5 Å². The molecular formula is C18H20BrN5O. The lowest BCUT2D eigenvalue weighted by atomic mass is 10.2. The summed E-state index contributed by atoms with van der Waals surface area (Å²) >= 11 is 3.34. The number of halogens is 1. The second kappa shape index (κ2) is 7.65. The SMILES string of the molecule is Cc1nn(-c2ccccc2)c(C)c1CNC(=O)CCn1cc(Br)cn1. The van der Waals surface area contributed by atoms with Crippen LogP contribution in [0.3, 0.4) is 0 Å². The molecule has 1 amide bonds. The first-order valence-corrected chi connectivity index (χ1v) is 8.89. The quantitative estimate of drug-likeness (QED) is 0.689. The Morgan fingerprint density at radius 3 is 2.68 bits per heavy atom. The van der Waals surface area contributed by atoms with E-state index in [9.17, 15) is 4.79 Å². The van der Waals surface area contributed by atoms with Crippen molar-refractivity contribution >= 4 is 21.8 Å². The molecule has 0 spiro atoms. The molecule has 0 radical (unpaired) electrons. The molecule has 6 nitrogen and oxygen atoms in total. The van der Waals surface area contributed by atoms with Crippen LogP contribution in [0.15, 0.2) is 47.2 Å². The smallest absolute Gasteiger partial charge is 0.222 e. The maximum absolute atomic E-state index is 12.1. The fourth-order valence-electron chi connectivity index (χ4n) is 2.70. The minimum Gasteiger partial charge on any atom is -0.352 e. The molecule has 0 aliphatic rings. The normalized spacial score (nSPS) is 10.8. The molecule has 0 atom stereocenters. The summed E-state index contributed by atoms with van der Waals surface area (Å²) in [5.74, 6) is -0.00196. The molecule has 130 valence electrons. The van der Waals surface area contributed by atoms with Gasteiger partial charge in [0.15, 0.2) is 0 Å². The van der Waals surface area contributed by atoms with Gasteiger partial charge in [-0.15, -0.1) is 0 Å². The zero-order valence-electron chi connectivity index (χ0n) is 14.2. The predicted octanol–water partition coefficient (Wildman–Crippen LogP) is 3.15. The molecule has 0 saturated carbocycles. The van der Waals surface area contributed by atoms with Gasteiger partial charge >= 0.3 is 0 Å². The monoisotopic (exact) mass is 401 g/mol. The highest BCUT2D eigenvalue weighted by atomic mass is 79.9. The Bertz CT molecular complexity index is 869. The van der Waals surface area contributed by atoms with Crippen LogP contribution in [0.5, 0.6) is 0 Å². The number of hydrogen-bond donors (Lipinski definition) is 1. The highest BCUT2D eigenvalue weighted by molar-refractivity contribution is 9.10. The van der Waals surface area contributed by atoms with Gasteiger partial charge in [0.25, 0.3) is 0 Å². The molecule has 0 fully saturated rings. The number of nitrogens with zero attached hydrogens (tertiary/aromatic N) is 4. The van der Waals surface area contributed by atoms with E-state index >= 15 is 0 Å². The highest BCUT2D eigenvalue weighted by Crippen LogP contribution is 2.17. The Morgan fingerprint density at radius 2 is 2.00 bits per heavy atom. The minimum atomic E-state index is -0.00196. The van der Waals surface area contributed by atoms with Crippen molar-refractivity contribution < 1.29 is 4.79 Å². The summed E-state index contributed by atoms with van der Waals surface area (Å²) in [7, 11) is 0. The van der Waals surface area contributed by atoms with Gasteiger partial charge in [-0.25, -0.2) is 4.68 Å². The summed E-state index contributed by atoms with van der Waals surface area (Å²) in [6.45, 7) is 5.02. The van der Waals surface area contributed by atoms with Crippen LogP contribution in [0, 0.1) is 13.8 Å². The maximum atomic E-state index is 12.1. The van der Waals surface area contributed by atoms with Gasteiger partial charge in [-0.3, -0.25) is 9.48 Å². The second-order valence-electron chi connectivity index (χ2n) is 5.85. The molecule has 3 aromatic rings. The van der Waals surface area contributed by atoms with Crippen molar-refractivity contribution in [2.45, 2.75) is 33.4 Å². The average Bonchev–Trinajstić information content (AvgIpc) is 3.15. The van der Waals surface area contributed by atoms with Crippen molar-refractivity contribution in [3.05, 3.63) is 64.1 Å². The van der Waals surface area contributed by atoms with E-state index in [-0.39, 0.29) is 5.91 Å². The van der Waals surface area contributed by atoms with Crippen LogP contribution in [0.4, 0.5) is 0 Å². The Morgan fingerprint density at radius 1 is 1.24 bits per heavy atom. The summed E-state index contributed by atoms with van der Waals surface area (Å²) in [6.07, 6.45) is 3.95. The van der Waals surface area contributed by atoms with Crippen LogP contribution in [0.25, 0.3) is 5.69 Å². The van der Waals surface area contributed by atoms with Gasteiger partial charge < -0.3 is 5.32 Å². The molecule has 0 aliphatic heterocycles. The van der Waals surface area contributed by atoms with Crippen molar-refractivity contribution in [2.75, 3.05) is 0 Å². The molecule has 3 rings (SSSR count). The summed E-state index contributed by atoms with van der Waals surface area (Å²) in [4.78, 5) is 12.1. The number of carbonyl (C=O) groups excluding carboxylic acids is 1. The van der Waals surface area contributed by atoms with E-state index < -0.39 is 0 Å². The number of amides is 1. The first-order chi connectivity index (χ1) is 12.0. The third-order valence-electron chi connectivity index (χ3n) is 4.07. The van der Waals surface area contributed by atoms with Crippen LogP contribution in [-0.2, 0) is 17.9 Å². The number of rotatable bonds is 6. The fraction of sp³-hybridized carbons (Fsp3) is 0.278. The van der Waals surface area contributed by atoms with Crippen molar-refractivity contribution in [1.29, 1.82) is 0 Å². The van der Waals surface area contributed by atoms with E-state index in [1.165, 1.54) is 0 Å². The van der Waals surface area contributed by atoms with E-state index in [1.54, 1.807) is 10.9 Å². The Labute approximate surface area is 155 Å². The summed E-state index contributed by atoms with van der Waals surface area (Å²) in [5.41, 5.74) is 4.04. The minimum absolute atomic E-state index is 0.00196. The van der Waals surface area contributed by atoms with Gasteiger partial charge in [-0.1, -0.05) is 18.2 Å². The molecule has 0 saturated heterocycles. The number of aryl methyl sites for hydroxylation is 2. The number of aromatic nitrogens is 4. The first-order valence-electron chi connectivity index (χ1n) is 8.10. The third kappa shape index (κ3) is 4.17. The Hall–Kier alpha value is -2.41. The van der Waals surface area contributed by atoms with Gasteiger partial charge in [-0.05, 0) is 41.9 Å². The van der Waals surface area contributed by atoms with E-state index in [4.69, 9.17) is 0 Å². The second-order valence-corrected chi connectivity index (χ2v) is 6.76. The number of carbonyl (C=O) groups is 1. The van der Waals surface area contributed by atoms with E-state index in [0.717, 1.165) is 27.1 Å². The van der Waals surface area contributed by atoms with Gasteiger partial charge in [-0.2, -0.15) is 10.2 Å². The van der Waals surface area contributed by atoms with E-state index in [1.807, 2.05) is 55.1 Å². The molecule has 0 unspecified atom stereocenters. The topological polar surface area (TPSA) is 64.7 Å². The summed E-state index contributed by atoms with van der Waals surface area (Å²) in [5, 5.41) is 11.7. The van der Waals surface area contributed by atoms with Gasteiger partial charge in [0.05, 0.1) is 22.1 Å². The van der Waals surface area contributed by atoms with Crippen LogP contribution in [0.1, 0.15) is 23.4 Å². The average molecular weight is 402 g/mol.